The number of rotatable bonds is 2. The lowest BCUT2D eigenvalue weighted by molar-refractivity contribution is -0.0255. The van der Waals surface area contributed by atoms with Crippen LogP contribution in [-0.2, 0) is 5.60 Å². The van der Waals surface area contributed by atoms with E-state index in [-0.39, 0.29) is 0 Å². The summed E-state index contributed by atoms with van der Waals surface area (Å²) in [6.07, 6.45) is 5.84. The van der Waals surface area contributed by atoms with Gasteiger partial charge in [0.05, 0.1) is 5.60 Å². The molecule has 1 aromatic carbocycles. The number of hydrogen-bond acceptors (Lipinski definition) is 1. The summed E-state index contributed by atoms with van der Waals surface area (Å²) >= 11 is 0. The van der Waals surface area contributed by atoms with Gasteiger partial charge >= 0.3 is 0 Å². The quantitative estimate of drug-likeness (QED) is 0.849. The van der Waals surface area contributed by atoms with Crippen LogP contribution in [0.3, 0.4) is 0 Å². The van der Waals surface area contributed by atoms with Gasteiger partial charge in [-0.05, 0) is 68.1 Å². The van der Waals surface area contributed by atoms with Crippen molar-refractivity contribution in [2.24, 2.45) is 11.8 Å². The fourth-order valence-corrected chi connectivity index (χ4v) is 3.35. The smallest absolute Gasteiger partial charge is 0.126 e. The van der Waals surface area contributed by atoms with Crippen LogP contribution in [0.5, 0.6) is 0 Å². The van der Waals surface area contributed by atoms with Gasteiger partial charge in [0.15, 0.2) is 0 Å². The van der Waals surface area contributed by atoms with E-state index in [0.29, 0.717) is 24.3 Å². The third kappa shape index (κ3) is 2.28. The summed E-state index contributed by atoms with van der Waals surface area (Å²) in [7, 11) is 0. The van der Waals surface area contributed by atoms with Crippen LogP contribution in [0, 0.1) is 23.5 Å². The highest BCUT2D eigenvalue weighted by atomic mass is 19.1. The van der Waals surface area contributed by atoms with Crippen molar-refractivity contribution in [3.63, 3.8) is 0 Å². The molecular weight excluding hydrogens is 234 g/mol. The second kappa shape index (κ2) is 4.30. The van der Waals surface area contributed by atoms with E-state index in [1.807, 2.05) is 0 Å². The number of halogens is 2. The fourth-order valence-electron chi connectivity index (χ4n) is 3.35. The molecule has 0 aromatic heterocycles. The first-order valence-electron chi connectivity index (χ1n) is 6.76. The second-order valence-electron chi connectivity index (χ2n) is 5.88. The molecule has 0 heterocycles. The predicted octanol–water partition coefficient (Wildman–Crippen LogP) is 3.75. The molecule has 0 amide bonds. The third-order valence-corrected chi connectivity index (χ3v) is 4.45. The normalized spacial score (nSPS) is 32.5. The van der Waals surface area contributed by atoms with E-state index in [1.54, 1.807) is 0 Å². The molecule has 2 unspecified atom stereocenters. The maximum Gasteiger partial charge on any atom is 0.126 e. The first kappa shape index (κ1) is 12.1. The molecule has 3 rings (SSSR count). The van der Waals surface area contributed by atoms with Gasteiger partial charge in [-0.3, -0.25) is 0 Å². The monoisotopic (exact) mass is 252 g/mol. The highest BCUT2D eigenvalue weighted by Gasteiger charge is 2.42. The molecule has 0 radical (unpaired) electrons. The number of benzene rings is 1. The van der Waals surface area contributed by atoms with Crippen molar-refractivity contribution < 1.29 is 13.9 Å². The van der Waals surface area contributed by atoms with Gasteiger partial charge in [0, 0.05) is 6.07 Å². The first-order chi connectivity index (χ1) is 8.57. The molecule has 2 atom stereocenters. The minimum Gasteiger partial charge on any atom is -0.385 e. The Labute approximate surface area is 106 Å². The van der Waals surface area contributed by atoms with Crippen LogP contribution in [0.15, 0.2) is 18.2 Å². The number of hydrogen-bond donors (Lipinski definition) is 1. The van der Waals surface area contributed by atoms with Crippen LogP contribution >= 0.6 is 0 Å². The van der Waals surface area contributed by atoms with Gasteiger partial charge in [-0.25, -0.2) is 8.78 Å². The van der Waals surface area contributed by atoms with Crippen molar-refractivity contribution in [3.8, 4) is 0 Å². The van der Waals surface area contributed by atoms with Crippen LogP contribution in [-0.4, -0.2) is 5.11 Å². The SMILES string of the molecule is OC1(c2cc(F)cc(F)c2)CCCC(C2CC2)C1. The minimum absolute atomic E-state index is 0.408. The zero-order valence-electron chi connectivity index (χ0n) is 10.3. The predicted molar refractivity (Wildman–Crippen MR) is 64.9 cm³/mol. The molecule has 2 aliphatic carbocycles. The Morgan fingerprint density at radius 1 is 1.00 bits per heavy atom. The fraction of sp³-hybridized carbons (Fsp3) is 0.600. The summed E-state index contributed by atoms with van der Waals surface area (Å²) in [6, 6.07) is 3.41. The second-order valence-corrected chi connectivity index (χ2v) is 5.88. The summed E-state index contributed by atoms with van der Waals surface area (Å²) in [5, 5.41) is 10.7. The zero-order valence-corrected chi connectivity index (χ0v) is 10.3. The standard InChI is InChI=1S/C15H18F2O/c16-13-6-12(7-14(17)8-13)15(18)5-1-2-11(9-15)10-3-4-10/h6-8,10-11,18H,1-5,9H2. The minimum atomic E-state index is -1.03. The molecule has 0 saturated heterocycles. The van der Waals surface area contributed by atoms with Crippen molar-refractivity contribution >= 4 is 0 Å². The maximum absolute atomic E-state index is 13.3. The van der Waals surface area contributed by atoms with Crippen molar-refractivity contribution in [1.29, 1.82) is 0 Å². The summed E-state index contributed by atoms with van der Waals surface area (Å²) in [5.41, 5.74) is -0.626. The van der Waals surface area contributed by atoms with Crippen molar-refractivity contribution in [3.05, 3.63) is 35.4 Å². The van der Waals surface area contributed by atoms with Crippen LogP contribution < -0.4 is 0 Å². The van der Waals surface area contributed by atoms with E-state index in [9.17, 15) is 13.9 Å². The highest BCUT2D eigenvalue weighted by molar-refractivity contribution is 5.25. The van der Waals surface area contributed by atoms with E-state index >= 15 is 0 Å². The Balaban J connectivity index is 1.87. The Morgan fingerprint density at radius 3 is 2.28 bits per heavy atom. The van der Waals surface area contributed by atoms with Crippen LogP contribution in [0.1, 0.15) is 44.1 Å². The average molecular weight is 252 g/mol. The van der Waals surface area contributed by atoms with E-state index in [0.717, 1.165) is 24.8 Å². The van der Waals surface area contributed by atoms with Crippen molar-refractivity contribution in [2.45, 2.75) is 44.1 Å². The molecule has 2 fully saturated rings. The summed E-state index contributed by atoms with van der Waals surface area (Å²) in [5.74, 6) is 0.0456. The molecule has 1 aromatic rings. The Morgan fingerprint density at radius 2 is 1.67 bits per heavy atom. The molecule has 0 spiro atoms. The highest BCUT2D eigenvalue weighted by Crippen LogP contribution is 2.49. The number of aliphatic hydroxyl groups is 1. The maximum atomic E-state index is 13.3. The van der Waals surface area contributed by atoms with Crippen LogP contribution in [0.4, 0.5) is 8.78 Å². The molecule has 2 saturated carbocycles. The van der Waals surface area contributed by atoms with Gasteiger partial charge < -0.3 is 5.11 Å². The van der Waals surface area contributed by atoms with Crippen molar-refractivity contribution in [2.75, 3.05) is 0 Å². The van der Waals surface area contributed by atoms with Gasteiger partial charge in [-0.1, -0.05) is 0 Å². The molecule has 18 heavy (non-hydrogen) atoms. The lowest BCUT2D eigenvalue weighted by Crippen LogP contribution is -2.33. The Hall–Kier alpha value is -0.960. The van der Waals surface area contributed by atoms with E-state index in [1.165, 1.54) is 25.0 Å². The summed E-state index contributed by atoms with van der Waals surface area (Å²) in [4.78, 5) is 0. The lowest BCUT2D eigenvalue weighted by Gasteiger charge is -2.37. The molecule has 3 heteroatoms. The molecule has 98 valence electrons. The average Bonchev–Trinajstić information content (AvgIpc) is 3.11. The van der Waals surface area contributed by atoms with Gasteiger partial charge in [-0.15, -0.1) is 0 Å². The van der Waals surface area contributed by atoms with Gasteiger partial charge in [0.25, 0.3) is 0 Å². The first-order valence-corrected chi connectivity index (χ1v) is 6.76. The molecule has 1 nitrogen and oxygen atoms in total. The third-order valence-electron chi connectivity index (χ3n) is 4.45. The summed E-state index contributed by atoms with van der Waals surface area (Å²) < 4.78 is 26.5. The zero-order chi connectivity index (χ0) is 12.8. The van der Waals surface area contributed by atoms with E-state index < -0.39 is 17.2 Å². The Kier molecular flexibility index (Phi) is 2.89. The largest absolute Gasteiger partial charge is 0.385 e. The molecular formula is C15H18F2O. The molecule has 1 N–H and O–H groups in total. The van der Waals surface area contributed by atoms with Crippen LogP contribution in [0.25, 0.3) is 0 Å². The van der Waals surface area contributed by atoms with Gasteiger partial charge in [0.1, 0.15) is 11.6 Å². The molecule has 0 bridgehead atoms. The molecule has 0 aliphatic heterocycles. The Bertz CT molecular complexity index is 436. The topological polar surface area (TPSA) is 20.2 Å². The van der Waals surface area contributed by atoms with Gasteiger partial charge in [0.2, 0.25) is 0 Å². The lowest BCUT2D eigenvalue weighted by atomic mass is 9.73. The van der Waals surface area contributed by atoms with E-state index in [2.05, 4.69) is 0 Å². The summed E-state index contributed by atoms with van der Waals surface area (Å²) in [6.45, 7) is 0. The van der Waals surface area contributed by atoms with Gasteiger partial charge in [-0.2, -0.15) is 0 Å². The molecule has 2 aliphatic rings. The van der Waals surface area contributed by atoms with Crippen LogP contribution in [0.2, 0.25) is 0 Å². The van der Waals surface area contributed by atoms with E-state index in [4.69, 9.17) is 0 Å². The van der Waals surface area contributed by atoms with Crippen molar-refractivity contribution in [1.82, 2.24) is 0 Å².